The van der Waals surface area contributed by atoms with E-state index in [1.54, 1.807) is 6.92 Å². The predicted octanol–water partition coefficient (Wildman–Crippen LogP) is 1.59. The van der Waals surface area contributed by atoms with E-state index in [-0.39, 0.29) is 9.37 Å². The third-order valence-corrected chi connectivity index (χ3v) is 3.41. The Morgan fingerprint density at radius 2 is 2.00 bits per heavy atom. The maximum atomic E-state index is 10.8. The molecule has 13 heavy (non-hydrogen) atoms. The summed E-state index contributed by atoms with van der Waals surface area (Å²) < 4.78 is 30.7. The van der Waals surface area contributed by atoms with E-state index in [2.05, 4.69) is 15.9 Å². The third-order valence-electron chi connectivity index (χ3n) is 1.60. The summed E-state index contributed by atoms with van der Waals surface area (Å²) in [5.74, 6) is 0. The van der Waals surface area contributed by atoms with Gasteiger partial charge in [0.25, 0.3) is 10.1 Å². The molecule has 0 bridgehead atoms. The molecule has 0 saturated heterocycles. The molecule has 0 spiro atoms. The normalized spacial score (nSPS) is 11.6. The summed E-state index contributed by atoms with van der Waals surface area (Å²) in [6, 6.07) is 2.76. The van der Waals surface area contributed by atoms with Crippen molar-refractivity contribution < 1.29 is 13.0 Å². The lowest BCUT2D eigenvalue weighted by Gasteiger charge is -2.04. The Bertz CT molecular complexity index is 441. The highest BCUT2D eigenvalue weighted by Crippen LogP contribution is 2.26. The Morgan fingerprint density at radius 3 is 2.46 bits per heavy atom. The Hall–Kier alpha value is -0.590. The average Bonchev–Trinajstić information content (AvgIpc) is 1.94. The lowest BCUT2D eigenvalue weighted by Crippen LogP contribution is -2.01. The van der Waals surface area contributed by atoms with E-state index in [4.69, 9.17) is 10.3 Å². The first-order chi connectivity index (χ1) is 5.82. The molecule has 0 amide bonds. The van der Waals surface area contributed by atoms with Crippen molar-refractivity contribution in [1.29, 1.82) is 0 Å². The molecule has 0 radical (unpaired) electrons. The molecule has 0 saturated carbocycles. The Balaban J connectivity index is 3.50. The van der Waals surface area contributed by atoms with Crippen LogP contribution in [0, 0.1) is 6.92 Å². The highest BCUT2D eigenvalue weighted by atomic mass is 79.9. The molecule has 3 N–H and O–H groups in total. The monoisotopic (exact) mass is 265 g/mol. The van der Waals surface area contributed by atoms with Crippen LogP contribution in [-0.2, 0) is 10.1 Å². The number of aryl methyl sites for hydroxylation is 1. The van der Waals surface area contributed by atoms with Crippen LogP contribution in [0.5, 0.6) is 0 Å². The molecule has 1 rings (SSSR count). The van der Waals surface area contributed by atoms with Gasteiger partial charge in [0.05, 0.1) is 0 Å². The molecule has 1 aromatic carbocycles. The molecular weight excluding hydrogens is 258 g/mol. The third kappa shape index (κ3) is 2.20. The van der Waals surface area contributed by atoms with Crippen molar-refractivity contribution >= 4 is 31.7 Å². The first kappa shape index (κ1) is 10.5. The predicted molar refractivity (Wildman–Crippen MR) is 53.1 cm³/mol. The Labute approximate surface area is 84.6 Å². The summed E-state index contributed by atoms with van der Waals surface area (Å²) in [6.45, 7) is 1.66. The molecule has 4 nitrogen and oxygen atoms in total. The van der Waals surface area contributed by atoms with Crippen molar-refractivity contribution in [2.45, 2.75) is 11.8 Å². The van der Waals surface area contributed by atoms with Crippen LogP contribution in [0.15, 0.2) is 21.5 Å². The number of hydrogen-bond acceptors (Lipinski definition) is 3. The summed E-state index contributed by atoms with van der Waals surface area (Å²) in [6.07, 6.45) is 0. The molecule has 0 aliphatic carbocycles. The van der Waals surface area contributed by atoms with Crippen LogP contribution in [0.25, 0.3) is 0 Å². The van der Waals surface area contributed by atoms with E-state index in [9.17, 15) is 8.42 Å². The topological polar surface area (TPSA) is 80.4 Å². The second-order valence-corrected chi connectivity index (χ2v) is 4.86. The lowest BCUT2D eigenvalue weighted by atomic mass is 10.2. The first-order valence-corrected chi connectivity index (χ1v) is 5.59. The van der Waals surface area contributed by atoms with Gasteiger partial charge in [-0.1, -0.05) is 0 Å². The van der Waals surface area contributed by atoms with Gasteiger partial charge in [-0.2, -0.15) is 8.42 Å². The Morgan fingerprint density at radius 1 is 1.46 bits per heavy atom. The van der Waals surface area contributed by atoms with Crippen molar-refractivity contribution in [3.63, 3.8) is 0 Å². The fourth-order valence-corrected chi connectivity index (χ4v) is 2.47. The molecule has 0 aliphatic rings. The molecule has 0 atom stereocenters. The number of nitrogens with two attached hydrogens (primary N) is 1. The van der Waals surface area contributed by atoms with Crippen LogP contribution >= 0.6 is 15.9 Å². The number of nitrogen functional groups attached to an aromatic ring is 1. The quantitative estimate of drug-likeness (QED) is 0.597. The van der Waals surface area contributed by atoms with Crippen molar-refractivity contribution in [2.24, 2.45) is 0 Å². The molecule has 0 aromatic heterocycles. The fourth-order valence-electron chi connectivity index (χ4n) is 0.868. The van der Waals surface area contributed by atoms with Crippen molar-refractivity contribution in [2.75, 3.05) is 5.73 Å². The van der Waals surface area contributed by atoms with Crippen LogP contribution in [0.2, 0.25) is 0 Å². The highest BCUT2D eigenvalue weighted by Gasteiger charge is 2.15. The lowest BCUT2D eigenvalue weighted by molar-refractivity contribution is 0.482. The molecular formula is C7H8BrNO3S. The summed E-state index contributed by atoms with van der Waals surface area (Å²) in [7, 11) is -4.18. The van der Waals surface area contributed by atoms with Crippen molar-refractivity contribution in [1.82, 2.24) is 0 Å². The molecule has 0 heterocycles. The highest BCUT2D eigenvalue weighted by molar-refractivity contribution is 9.10. The zero-order valence-electron chi connectivity index (χ0n) is 6.78. The summed E-state index contributed by atoms with van der Waals surface area (Å²) >= 11 is 3.00. The largest absolute Gasteiger partial charge is 0.398 e. The second kappa shape index (κ2) is 3.28. The van der Waals surface area contributed by atoms with Crippen LogP contribution in [0.3, 0.4) is 0 Å². The maximum absolute atomic E-state index is 10.8. The van der Waals surface area contributed by atoms with E-state index in [1.807, 2.05) is 0 Å². The number of hydrogen-bond donors (Lipinski definition) is 2. The first-order valence-electron chi connectivity index (χ1n) is 3.35. The standard InChI is InChI=1S/C7H8BrNO3S/c1-4-2-7(13(10,11)12)5(8)3-6(4)9/h2-3H,9H2,1H3,(H,10,11,12). The van der Waals surface area contributed by atoms with E-state index >= 15 is 0 Å². The molecule has 1 aromatic rings. The number of halogens is 1. The van der Waals surface area contributed by atoms with Gasteiger partial charge in [0.1, 0.15) is 4.90 Å². The number of anilines is 1. The van der Waals surface area contributed by atoms with Crippen LogP contribution in [-0.4, -0.2) is 13.0 Å². The minimum atomic E-state index is -4.18. The zero-order chi connectivity index (χ0) is 10.2. The van der Waals surface area contributed by atoms with Crippen LogP contribution in [0.1, 0.15) is 5.56 Å². The van der Waals surface area contributed by atoms with Crippen LogP contribution < -0.4 is 5.73 Å². The molecule has 6 heteroatoms. The summed E-state index contributed by atoms with van der Waals surface area (Å²) in [5, 5.41) is 0. The molecule has 0 unspecified atom stereocenters. The van der Waals surface area contributed by atoms with Gasteiger partial charge in [0.15, 0.2) is 0 Å². The van der Waals surface area contributed by atoms with E-state index in [1.165, 1.54) is 12.1 Å². The minimum absolute atomic E-state index is 0.167. The fraction of sp³-hybridized carbons (Fsp3) is 0.143. The summed E-state index contributed by atoms with van der Waals surface area (Å²) in [5.41, 5.74) is 6.61. The molecule has 0 aliphatic heterocycles. The van der Waals surface area contributed by atoms with Gasteiger partial charge in [-0.05, 0) is 40.5 Å². The van der Waals surface area contributed by atoms with Crippen molar-refractivity contribution in [3.8, 4) is 0 Å². The second-order valence-electron chi connectivity index (χ2n) is 2.61. The molecule has 0 fully saturated rings. The number of rotatable bonds is 1. The smallest absolute Gasteiger partial charge is 0.295 e. The van der Waals surface area contributed by atoms with Gasteiger partial charge in [-0.15, -0.1) is 0 Å². The molecule has 72 valence electrons. The number of benzene rings is 1. The van der Waals surface area contributed by atoms with Crippen LogP contribution in [0.4, 0.5) is 5.69 Å². The van der Waals surface area contributed by atoms with Crippen molar-refractivity contribution in [3.05, 3.63) is 22.2 Å². The summed E-state index contributed by atoms with van der Waals surface area (Å²) in [4.78, 5) is -0.167. The Kier molecular flexibility index (Phi) is 2.65. The van der Waals surface area contributed by atoms with Gasteiger partial charge < -0.3 is 5.73 Å². The van der Waals surface area contributed by atoms with E-state index in [0.717, 1.165) is 0 Å². The SMILES string of the molecule is Cc1cc(S(=O)(=O)O)c(Br)cc1N. The minimum Gasteiger partial charge on any atom is -0.398 e. The van der Waals surface area contributed by atoms with Gasteiger partial charge in [-0.3, -0.25) is 4.55 Å². The van der Waals surface area contributed by atoms with Gasteiger partial charge >= 0.3 is 0 Å². The van der Waals surface area contributed by atoms with E-state index in [0.29, 0.717) is 11.3 Å². The van der Waals surface area contributed by atoms with Gasteiger partial charge in [0, 0.05) is 10.2 Å². The van der Waals surface area contributed by atoms with Gasteiger partial charge in [0.2, 0.25) is 0 Å². The van der Waals surface area contributed by atoms with E-state index < -0.39 is 10.1 Å². The maximum Gasteiger partial charge on any atom is 0.295 e. The van der Waals surface area contributed by atoms with Gasteiger partial charge in [-0.25, -0.2) is 0 Å². The average molecular weight is 266 g/mol. The zero-order valence-corrected chi connectivity index (χ0v) is 9.18.